The Labute approximate surface area is 302 Å². The lowest BCUT2D eigenvalue weighted by atomic mass is 10.00. The molecule has 0 aliphatic carbocycles. The SMILES string of the molecule is CN(C)C[C@@H](NC(=O)N1Cc2c(NC3CCCN(C(=O)c4ccc([N+](=O)[O-])cc4)C3)nn(C(=O)OCc3ccccc3)c2C1(C)C)c1ccccc1. The number of carbonyl (C=O) groups excluding carboxylic acids is 3. The van der Waals surface area contributed by atoms with Gasteiger partial charge in [-0.25, -0.2) is 9.59 Å². The van der Waals surface area contributed by atoms with E-state index in [4.69, 9.17) is 9.84 Å². The molecule has 2 atom stereocenters. The zero-order valence-corrected chi connectivity index (χ0v) is 29.8. The number of nitro groups is 1. The zero-order valence-electron chi connectivity index (χ0n) is 29.8. The van der Waals surface area contributed by atoms with Crippen LogP contribution in [0.2, 0.25) is 0 Å². The van der Waals surface area contributed by atoms with Crippen LogP contribution < -0.4 is 10.6 Å². The first-order chi connectivity index (χ1) is 24.9. The third kappa shape index (κ3) is 7.76. The summed E-state index contributed by atoms with van der Waals surface area (Å²) in [5, 5.41) is 22.6. The highest BCUT2D eigenvalue weighted by Gasteiger charge is 2.47. The monoisotopic (exact) mass is 708 g/mol. The topological polar surface area (TPSA) is 155 Å². The Balaban J connectivity index is 1.26. The van der Waals surface area contributed by atoms with E-state index in [1.54, 1.807) is 9.80 Å². The van der Waals surface area contributed by atoms with Gasteiger partial charge >= 0.3 is 12.1 Å². The number of amides is 3. The van der Waals surface area contributed by atoms with Crippen LogP contribution in [-0.2, 0) is 23.4 Å². The van der Waals surface area contributed by atoms with Gasteiger partial charge in [-0.2, -0.15) is 4.68 Å². The Kier molecular flexibility index (Phi) is 10.6. The first-order valence-electron chi connectivity index (χ1n) is 17.3. The molecule has 3 aromatic carbocycles. The second-order valence-electron chi connectivity index (χ2n) is 14.0. The van der Waals surface area contributed by atoms with Crippen LogP contribution in [0.4, 0.5) is 21.1 Å². The molecule has 52 heavy (non-hydrogen) atoms. The van der Waals surface area contributed by atoms with Crippen molar-refractivity contribution < 1.29 is 24.0 Å². The molecule has 1 aromatic heterocycles. The average molecular weight is 709 g/mol. The third-order valence-corrected chi connectivity index (χ3v) is 9.60. The van der Waals surface area contributed by atoms with Gasteiger partial charge in [0.2, 0.25) is 0 Å². The minimum absolute atomic E-state index is 0.0489. The lowest BCUT2D eigenvalue weighted by molar-refractivity contribution is -0.384. The number of carbonyl (C=O) groups is 3. The molecule has 3 amide bonds. The fraction of sp³-hybridized carbons (Fsp3) is 0.368. The Hall–Kier alpha value is -5.76. The van der Waals surface area contributed by atoms with Crippen molar-refractivity contribution >= 4 is 29.5 Å². The van der Waals surface area contributed by atoms with Gasteiger partial charge in [0.05, 0.1) is 28.7 Å². The van der Waals surface area contributed by atoms with Gasteiger partial charge in [0.25, 0.3) is 11.6 Å². The number of aromatic nitrogens is 2. The molecule has 1 unspecified atom stereocenters. The molecule has 272 valence electrons. The van der Waals surface area contributed by atoms with Crippen molar-refractivity contribution in [3.8, 4) is 0 Å². The van der Waals surface area contributed by atoms with Crippen molar-refractivity contribution in [2.75, 3.05) is 39.0 Å². The molecule has 1 saturated heterocycles. The van der Waals surface area contributed by atoms with E-state index in [1.807, 2.05) is 93.5 Å². The van der Waals surface area contributed by atoms with Crippen molar-refractivity contribution in [1.29, 1.82) is 0 Å². The quantitative estimate of drug-likeness (QED) is 0.155. The lowest BCUT2D eigenvalue weighted by Crippen LogP contribution is -2.49. The molecular weight excluding hydrogens is 664 g/mol. The number of nitrogens with one attached hydrogen (secondary N) is 2. The fourth-order valence-electron chi connectivity index (χ4n) is 6.96. The van der Waals surface area contributed by atoms with E-state index < -0.39 is 16.6 Å². The molecule has 2 N–H and O–H groups in total. The average Bonchev–Trinajstić information content (AvgIpc) is 3.65. The van der Waals surface area contributed by atoms with Gasteiger partial charge in [0.1, 0.15) is 6.61 Å². The number of rotatable bonds is 10. The summed E-state index contributed by atoms with van der Waals surface area (Å²) >= 11 is 0. The summed E-state index contributed by atoms with van der Waals surface area (Å²) in [5.41, 5.74) is 2.36. The fourth-order valence-corrected chi connectivity index (χ4v) is 6.96. The van der Waals surface area contributed by atoms with Crippen LogP contribution >= 0.6 is 0 Å². The van der Waals surface area contributed by atoms with Gasteiger partial charge in [-0.1, -0.05) is 60.7 Å². The number of ether oxygens (including phenoxy) is 1. The number of piperidine rings is 1. The van der Waals surface area contributed by atoms with Crippen molar-refractivity contribution in [2.45, 2.75) is 57.5 Å². The molecule has 4 aromatic rings. The highest BCUT2D eigenvalue weighted by molar-refractivity contribution is 5.94. The molecule has 3 heterocycles. The van der Waals surface area contributed by atoms with Gasteiger partial charge in [-0.3, -0.25) is 14.9 Å². The van der Waals surface area contributed by atoms with Crippen LogP contribution in [0.15, 0.2) is 84.9 Å². The molecule has 14 heteroatoms. The van der Waals surface area contributed by atoms with E-state index in [2.05, 4.69) is 10.6 Å². The van der Waals surface area contributed by atoms with Crippen molar-refractivity contribution in [2.24, 2.45) is 0 Å². The highest BCUT2D eigenvalue weighted by Crippen LogP contribution is 2.43. The Morgan fingerprint density at radius 1 is 1.02 bits per heavy atom. The number of hydrogen-bond donors (Lipinski definition) is 2. The molecule has 14 nitrogen and oxygen atoms in total. The lowest BCUT2D eigenvalue weighted by Gasteiger charge is -2.35. The molecule has 0 bridgehead atoms. The van der Waals surface area contributed by atoms with Gasteiger partial charge < -0.3 is 30.1 Å². The second kappa shape index (κ2) is 15.2. The van der Waals surface area contributed by atoms with E-state index in [1.165, 1.54) is 28.9 Å². The number of likely N-dealkylation sites (N-methyl/N-ethyl adjacent to an activating group) is 1. The van der Waals surface area contributed by atoms with Crippen LogP contribution in [0, 0.1) is 10.1 Å². The zero-order chi connectivity index (χ0) is 37.0. The summed E-state index contributed by atoms with van der Waals surface area (Å²) in [7, 11) is 3.91. The number of non-ortho nitro benzene ring substituents is 1. The molecule has 0 radical (unpaired) electrons. The molecule has 2 aliphatic rings. The molecule has 1 fully saturated rings. The predicted octanol–water partition coefficient (Wildman–Crippen LogP) is 5.76. The number of likely N-dealkylation sites (tertiary alicyclic amines) is 1. The van der Waals surface area contributed by atoms with Crippen molar-refractivity contribution in [3.05, 3.63) is 123 Å². The van der Waals surface area contributed by atoms with Crippen LogP contribution in [0.5, 0.6) is 0 Å². The number of nitro benzene ring substituents is 1. The highest BCUT2D eigenvalue weighted by atomic mass is 16.6. The number of anilines is 1. The number of urea groups is 1. The summed E-state index contributed by atoms with van der Waals surface area (Å²) in [6.45, 7) is 5.48. The van der Waals surface area contributed by atoms with Gasteiger partial charge in [-0.05, 0) is 64.0 Å². The molecular formula is C38H44N8O6. The van der Waals surface area contributed by atoms with Crippen LogP contribution in [0.25, 0.3) is 0 Å². The molecule has 0 spiro atoms. The number of hydrogen-bond acceptors (Lipinski definition) is 9. The largest absolute Gasteiger partial charge is 0.443 e. The Morgan fingerprint density at radius 2 is 1.69 bits per heavy atom. The summed E-state index contributed by atoms with van der Waals surface area (Å²) in [6.07, 6.45) is 0.781. The van der Waals surface area contributed by atoms with E-state index in [0.29, 0.717) is 48.7 Å². The smallest absolute Gasteiger partial charge is 0.435 e. The van der Waals surface area contributed by atoms with Gasteiger partial charge in [0.15, 0.2) is 5.82 Å². The van der Waals surface area contributed by atoms with Crippen molar-refractivity contribution in [1.82, 2.24) is 29.8 Å². The Morgan fingerprint density at radius 3 is 2.35 bits per heavy atom. The van der Waals surface area contributed by atoms with E-state index in [9.17, 15) is 24.5 Å². The summed E-state index contributed by atoms with van der Waals surface area (Å²) in [5.74, 6) is 0.217. The van der Waals surface area contributed by atoms with Crippen molar-refractivity contribution in [3.63, 3.8) is 0 Å². The molecule has 0 saturated carbocycles. The predicted molar refractivity (Wildman–Crippen MR) is 195 cm³/mol. The van der Waals surface area contributed by atoms with E-state index in [-0.39, 0.29) is 42.9 Å². The second-order valence-corrected chi connectivity index (χ2v) is 14.0. The minimum atomic E-state index is -0.956. The van der Waals surface area contributed by atoms with E-state index >= 15 is 0 Å². The van der Waals surface area contributed by atoms with E-state index in [0.717, 1.165) is 17.5 Å². The maximum absolute atomic E-state index is 14.1. The summed E-state index contributed by atoms with van der Waals surface area (Å²) < 4.78 is 6.99. The van der Waals surface area contributed by atoms with Crippen LogP contribution in [0.3, 0.4) is 0 Å². The first kappa shape index (κ1) is 36.0. The van der Waals surface area contributed by atoms with Crippen LogP contribution in [-0.4, -0.2) is 87.2 Å². The number of nitrogens with zero attached hydrogens (tertiary/aromatic N) is 6. The number of benzene rings is 3. The first-order valence-corrected chi connectivity index (χ1v) is 17.3. The maximum atomic E-state index is 14.1. The Bertz CT molecular complexity index is 1910. The summed E-state index contributed by atoms with van der Waals surface area (Å²) in [6, 6.07) is 24.0. The maximum Gasteiger partial charge on any atom is 0.435 e. The summed E-state index contributed by atoms with van der Waals surface area (Å²) in [4.78, 5) is 57.3. The minimum Gasteiger partial charge on any atom is -0.443 e. The van der Waals surface area contributed by atoms with Crippen LogP contribution in [0.1, 0.15) is 65.5 Å². The number of fused-ring (bicyclic) bond motifs is 1. The normalized spacial score (nSPS) is 17.0. The molecule has 6 rings (SSSR count). The molecule has 2 aliphatic heterocycles. The van der Waals surface area contributed by atoms with Gasteiger partial charge in [0, 0.05) is 48.9 Å². The van der Waals surface area contributed by atoms with Gasteiger partial charge in [-0.15, -0.1) is 5.10 Å². The third-order valence-electron chi connectivity index (χ3n) is 9.60. The standard InChI is InChI=1S/C38H44N8O6/c1-38(2)33-31(23-44(38)36(48)40-32(24-42(3)4)27-14-9-6-10-15-27)34(41-45(33)37(49)52-25-26-12-7-5-8-13-26)39-29-16-11-21-43(22-29)35(47)28-17-19-30(20-18-28)46(50)51/h5-10,12-15,17-20,29,32H,11,16,21-25H2,1-4H3,(H,39,41)(H,40,48)/t29?,32-/m1/s1.